The Labute approximate surface area is 307 Å². The van der Waals surface area contributed by atoms with Crippen LogP contribution >= 0.6 is 11.6 Å². The number of piperazine rings is 1. The van der Waals surface area contributed by atoms with Gasteiger partial charge in [-0.05, 0) is 47.9 Å². The monoisotopic (exact) mass is 744 g/mol. The van der Waals surface area contributed by atoms with Gasteiger partial charge in [0.25, 0.3) is 5.91 Å². The fourth-order valence-corrected chi connectivity index (χ4v) is 7.02. The molecule has 3 N–H and O–H groups in total. The van der Waals surface area contributed by atoms with E-state index in [1.165, 1.54) is 48.7 Å². The Morgan fingerprint density at radius 3 is 2.58 bits per heavy atom. The fraction of sp³-hybridized carbons (Fsp3) is 0.297. The van der Waals surface area contributed by atoms with E-state index in [0.717, 1.165) is 31.7 Å². The zero-order chi connectivity index (χ0) is 37.2. The Morgan fingerprint density at radius 2 is 1.83 bits per heavy atom. The molecule has 3 aliphatic heterocycles. The van der Waals surface area contributed by atoms with Gasteiger partial charge < -0.3 is 20.3 Å². The van der Waals surface area contributed by atoms with Gasteiger partial charge >= 0.3 is 0 Å². The van der Waals surface area contributed by atoms with Crippen molar-refractivity contribution in [3.63, 3.8) is 0 Å². The van der Waals surface area contributed by atoms with Crippen molar-refractivity contribution in [3.8, 4) is 5.75 Å². The number of benzene rings is 3. The van der Waals surface area contributed by atoms with Crippen LogP contribution in [-0.4, -0.2) is 94.2 Å². The smallest absolute Gasteiger partial charge is 0.258 e. The number of nitrogens with zero attached hydrogens (tertiary/aromatic N) is 5. The third kappa shape index (κ3) is 7.82. The topological polar surface area (TPSA) is 149 Å². The summed E-state index contributed by atoms with van der Waals surface area (Å²) in [5, 5.41) is 8.80. The standard InChI is InChI=1S/C37H35ClF2N8O5/c1-53-31-17-28-24(35(42-20-41-28)43-23-4-5-26(39)25(38)15-23)16-29(31)44-32(49)3-2-8-46-9-11-47(12-10-46)18-21-13-22-19-48(37(52)34(22)27(40)14-21)30-6-7-33(50)45-36(30)51/h2-5,13-17,20,30H,6-12,18-19H2,1H3,(H,44,49)(H,41,42,43)(H,45,50,51)/b3-2+. The molecule has 1 unspecified atom stereocenters. The van der Waals surface area contributed by atoms with Gasteiger partial charge in [0.2, 0.25) is 17.7 Å². The van der Waals surface area contributed by atoms with Gasteiger partial charge in [0.15, 0.2) is 0 Å². The summed E-state index contributed by atoms with van der Waals surface area (Å²) in [4.78, 5) is 64.3. The lowest BCUT2D eigenvalue weighted by Crippen LogP contribution is -2.52. The normalized spacial score (nSPS) is 18.1. The maximum absolute atomic E-state index is 15.2. The number of halogens is 3. The number of methoxy groups -OCH3 is 1. The van der Waals surface area contributed by atoms with Crippen LogP contribution in [0.15, 0.2) is 60.9 Å². The summed E-state index contributed by atoms with van der Waals surface area (Å²) in [6.07, 6.45) is 4.98. The molecule has 4 heterocycles. The molecular weight excluding hydrogens is 710 g/mol. The minimum atomic E-state index is -0.799. The highest BCUT2D eigenvalue weighted by Crippen LogP contribution is 2.34. The average Bonchev–Trinajstić information content (AvgIpc) is 3.46. The molecule has 16 heteroatoms. The third-order valence-electron chi connectivity index (χ3n) is 9.53. The summed E-state index contributed by atoms with van der Waals surface area (Å²) in [6, 6.07) is 10.0. The van der Waals surface area contributed by atoms with Crippen molar-refractivity contribution in [2.75, 3.05) is 50.5 Å². The van der Waals surface area contributed by atoms with Gasteiger partial charge in [0, 0.05) is 75.5 Å². The zero-order valence-electron chi connectivity index (χ0n) is 28.6. The van der Waals surface area contributed by atoms with Crippen LogP contribution in [0.25, 0.3) is 10.9 Å². The van der Waals surface area contributed by atoms with Gasteiger partial charge in [-0.25, -0.2) is 18.7 Å². The van der Waals surface area contributed by atoms with E-state index in [1.54, 1.807) is 18.2 Å². The Morgan fingerprint density at radius 1 is 1.04 bits per heavy atom. The molecule has 4 aromatic rings. The number of imide groups is 1. The van der Waals surface area contributed by atoms with Crippen molar-refractivity contribution in [3.05, 3.63) is 94.3 Å². The van der Waals surface area contributed by atoms with Crippen molar-refractivity contribution in [2.45, 2.75) is 32.0 Å². The van der Waals surface area contributed by atoms with E-state index in [0.29, 0.717) is 52.5 Å². The average molecular weight is 745 g/mol. The van der Waals surface area contributed by atoms with Gasteiger partial charge in [0.1, 0.15) is 35.6 Å². The van der Waals surface area contributed by atoms with Crippen molar-refractivity contribution >= 4 is 63.3 Å². The second kappa shape index (κ2) is 15.2. The largest absolute Gasteiger partial charge is 0.494 e. The number of carbonyl (C=O) groups is 4. The molecule has 0 saturated carbocycles. The van der Waals surface area contributed by atoms with Crippen LogP contribution in [0.2, 0.25) is 5.02 Å². The van der Waals surface area contributed by atoms with E-state index in [-0.39, 0.29) is 41.8 Å². The van der Waals surface area contributed by atoms with Crippen LogP contribution in [0.5, 0.6) is 5.75 Å². The molecule has 3 aliphatic rings. The predicted molar refractivity (Wildman–Crippen MR) is 193 cm³/mol. The SMILES string of the molecule is COc1cc2ncnc(Nc3ccc(F)c(Cl)c3)c2cc1NC(=O)/C=C/CN1CCN(Cc2cc(F)c3c(c2)CN(C2CCC(=O)NC2=O)C3=O)CC1. The van der Waals surface area contributed by atoms with Crippen LogP contribution in [0, 0.1) is 11.6 Å². The van der Waals surface area contributed by atoms with Crippen molar-refractivity contribution < 1.29 is 32.7 Å². The predicted octanol–water partition coefficient (Wildman–Crippen LogP) is 4.39. The molecule has 1 atom stereocenters. The summed E-state index contributed by atoms with van der Waals surface area (Å²) >= 11 is 5.94. The van der Waals surface area contributed by atoms with Crippen molar-refractivity contribution in [1.82, 2.24) is 30.0 Å². The number of carbonyl (C=O) groups excluding carboxylic acids is 4. The molecule has 7 rings (SSSR count). The number of rotatable bonds is 10. The van der Waals surface area contributed by atoms with E-state index in [2.05, 4.69) is 35.7 Å². The summed E-state index contributed by atoms with van der Waals surface area (Å²) in [6.45, 7) is 4.06. The van der Waals surface area contributed by atoms with Gasteiger partial charge in [0.05, 0.1) is 28.9 Å². The molecule has 2 saturated heterocycles. The molecule has 2 fully saturated rings. The molecule has 0 radical (unpaired) electrons. The molecule has 0 spiro atoms. The van der Waals surface area contributed by atoms with Crippen molar-refractivity contribution in [1.29, 1.82) is 0 Å². The van der Waals surface area contributed by atoms with Crippen LogP contribution < -0.4 is 20.7 Å². The number of hydrogen-bond donors (Lipinski definition) is 3. The van der Waals surface area contributed by atoms with E-state index in [9.17, 15) is 23.6 Å². The number of nitrogens with one attached hydrogen (secondary N) is 3. The number of aromatic nitrogens is 2. The Bertz CT molecular complexity index is 2160. The zero-order valence-corrected chi connectivity index (χ0v) is 29.4. The highest BCUT2D eigenvalue weighted by molar-refractivity contribution is 6.31. The summed E-state index contributed by atoms with van der Waals surface area (Å²) < 4.78 is 34.4. The number of amides is 4. The quantitative estimate of drug-likeness (QED) is 0.158. The van der Waals surface area contributed by atoms with Gasteiger partial charge in [-0.1, -0.05) is 23.7 Å². The molecule has 274 valence electrons. The van der Waals surface area contributed by atoms with Crippen LogP contribution in [0.4, 0.5) is 26.0 Å². The molecule has 3 aromatic carbocycles. The first-order valence-corrected chi connectivity index (χ1v) is 17.4. The lowest BCUT2D eigenvalue weighted by atomic mass is 10.0. The van der Waals surface area contributed by atoms with Crippen molar-refractivity contribution in [2.24, 2.45) is 0 Å². The number of anilines is 3. The summed E-state index contributed by atoms with van der Waals surface area (Å²) in [7, 11) is 1.49. The Kier molecular flexibility index (Phi) is 10.3. The van der Waals surface area contributed by atoms with Crippen LogP contribution in [-0.2, 0) is 27.5 Å². The number of hydrogen-bond acceptors (Lipinski definition) is 10. The Hall–Kier alpha value is -5.51. The van der Waals surface area contributed by atoms with E-state index in [4.69, 9.17) is 16.3 Å². The number of ether oxygens (including phenoxy) is 1. The maximum Gasteiger partial charge on any atom is 0.258 e. The van der Waals surface area contributed by atoms with E-state index < -0.39 is 29.5 Å². The van der Waals surface area contributed by atoms with Gasteiger partial charge in [-0.3, -0.25) is 34.3 Å². The maximum atomic E-state index is 15.2. The third-order valence-corrected chi connectivity index (χ3v) is 9.82. The molecule has 4 amide bonds. The highest BCUT2D eigenvalue weighted by atomic mass is 35.5. The lowest BCUT2D eigenvalue weighted by Gasteiger charge is -2.34. The summed E-state index contributed by atoms with van der Waals surface area (Å²) in [5.74, 6) is -2.10. The molecule has 0 bridgehead atoms. The first kappa shape index (κ1) is 35.9. The first-order chi connectivity index (χ1) is 25.6. The summed E-state index contributed by atoms with van der Waals surface area (Å²) in [5.41, 5.74) is 2.77. The van der Waals surface area contributed by atoms with E-state index >= 15 is 4.39 Å². The van der Waals surface area contributed by atoms with Gasteiger partial charge in [-0.2, -0.15) is 0 Å². The highest BCUT2D eigenvalue weighted by Gasteiger charge is 2.40. The van der Waals surface area contributed by atoms with Crippen LogP contribution in [0.1, 0.15) is 34.3 Å². The molecule has 1 aromatic heterocycles. The van der Waals surface area contributed by atoms with Gasteiger partial charge in [-0.15, -0.1) is 0 Å². The van der Waals surface area contributed by atoms with Crippen LogP contribution in [0.3, 0.4) is 0 Å². The second-order valence-electron chi connectivity index (χ2n) is 13.0. The minimum absolute atomic E-state index is 0.0125. The number of fused-ring (bicyclic) bond motifs is 2. The molecule has 0 aliphatic carbocycles. The first-order valence-electron chi connectivity index (χ1n) is 17.0. The Balaban J connectivity index is 0.923. The fourth-order valence-electron chi connectivity index (χ4n) is 6.84. The lowest BCUT2D eigenvalue weighted by molar-refractivity contribution is -0.137. The number of piperidine rings is 1. The van der Waals surface area contributed by atoms with E-state index in [1.807, 2.05) is 6.07 Å². The second-order valence-corrected chi connectivity index (χ2v) is 13.4. The molecule has 13 nitrogen and oxygen atoms in total. The molecular formula is C37H35ClF2N8O5. The molecule has 53 heavy (non-hydrogen) atoms. The minimum Gasteiger partial charge on any atom is -0.494 e.